The van der Waals surface area contributed by atoms with E-state index >= 15 is 0 Å². The first-order chi connectivity index (χ1) is 8.16. The Balaban J connectivity index is 2.09. The predicted octanol–water partition coefficient (Wildman–Crippen LogP) is 3.40. The van der Waals surface area contributed by atoms with Crippen molar-refractivity contribution in [3.63, 3.8) is 0 Å². The van der Waals surface area contributed by atoms with E-state index in [0.717, 1.165) is 31.4 Å². The van der Waals surface area contributed by atoms with E-state index in [9.17, 15) is 9.90 Å². The molecule has 1 aliphatic rings. The summed E-state index contributed by atoms with van der Waals surface area (Å²) in [7, 11) is 0. The Morgan fingerprint density at radius 2 is 2.12 bits per heavy atom. The fourth-order valence-electron chi connectivity index (χ4n) is 2.43. The minimum Gasteiger partial charge on any atom is -0.480 e. The van der Waals surface area contributed by atoms with Crippen molar-refractivity contribution in [2.24, 2.45) is 5.92 Å². The summed E-state index contributed by atoms with van der Waals surface area (Å²) in [6.45, 7) is 0. The van der Waals surface area contributed by atoms with Gasteiger partial charge in [-0.05, 0) is 37.0 Å². The van der Waals surface area contributed by atoms with Gasteiger partial charge >= 0.3 is 5.97 Å². The first kappa shape index (κ1) is 12.2. The maximum atomic E-state index is 11.3. The van der Waals surface area contributed by atoms with Gasteiger partial charge in [-0.15, -0.1) is 0 Å². The SMILES string of the molecule is O=C(O)C(Nc1cccc(Cl)c1)C1CCCC1. The minimum absolute atomic E-state index is 0.228. The first-order valence-corrected chi connectivity index (χ1v) is 6.29. The van der Waals surface area contributed by atoms with E-state index in [1.807, 2.05) is 12.1 Å². The highest BCUT2D eigenvalue weighted by Gasteiger charge is 2.30. The Kier molecular flexibility index (Phi) is 3.89. The molecule has 0 aliphatic heterocycles. The molecule has 92 valence electrons. The van der Waals surface area contributed by atoms with Crippen molar-refractivity contribution in [3.05, 3.63) is 29.3 Å². The van der Waals surface area contributed by atoms with E-state index in [0.29, 0.717) is 5.02 Å². The predicted molar refractivity (Wildman–Crippen MR) is 68.5 cm³/mol. The van der Waals surface area contributed by atoms with Crippen molar-refractivity contribution in [3.8, 4) is 0 Å². The number of nitrogens with one attached hydrogen (secondary N) is 1. The van der Waals surface area contributed by atoms with Crippen LogP contribution < -0.4 is 5.32 Å². The van der Waals surface area contributed by atoms with Gasteiger partial charge in [0.05, 0.1) is 0 Å². The second-order valence-corrected chi connectivity index (χ2v) is 4.95. The second kappa shape index (κ2) is 5.41. The summed E-state index contributed by atoms with van der Waals surface area (Å²) in [5.74, 6) is -0.552. The van der Waals surface area contributed by atoms with Gasteiger partial charge in [0.2, 0.25) is 0 Å². The highest BCUT2D eigenvalue weighted by Crippen LogP contribution is 2.30. The van der Waals surface area contributed by atoms with Crippen LogP contribution in [-0.2, 0) is 4.79 Å². The van der Waals surface area contributed by atoms with Gasteiger partial charge in [-0.2, -0.15) is 0 Å². The van der Waals surface area contributed by atoms with Gasteiger partial charge in [-0.25, -0.2) is 4.79 Å². The van der Waals surface area contributed by atoms with Gasteiger partial charge < -0.3 is 10.4 Å². The molecular weight excluding hydrogens is 238 g/mol. The van der Waals surface area contributed by atoms with Crippen LogP contribution in [0, 0.1) is 5.92 Å². The summed E-state index contributed by atoms with van der Waals surface area (Å²) in [5.41, 5.74) is 0.775. The molecule has 0 amide bonds. The third-order valence-electron chi connectivity index (χ3n) is 3.28. The molecule has 2 rings (SSSR count). The molecule has 1 unspecified atom stereocenters. The van der Waals surface area contributed by atoms with Crippen LogP contribution in [0.4, 0.5) is 5.69 Å². The number of anilines is 1. The van der Waals surface area contributed by atoms with Crippen molar-refractivity contribution in [2.45, 2.75) is 31.7 Å². The fourth-order valence-corrected chi connectivity index (χ4v) is 2.62. The Morgan fingerprint density at radius 1 is 1.41 bits per heavy atom. The summed E-state index contributed by atoms with van der Waals surface area (Å²) in [6, 6.07) is 6.69. The largest absolute Gasteiger partial charge is 0.480 e. The fraction of sp³-hybridized carbons (Fsp3) is 0.462. The van der Waals surface area contributed by atoms with Crippen molar-refractivity contribution in [2.75, 3.05) is 5.32 Å². The third kappa shape index (κ3) is 3.13. The van der Waals surface area contributed by atoms with E-state index < -0.39 is 12.0 Å². The summed E-state index contributed by atoms with van der Waals surface area (Å²) in [6.07, 6.45) is 4.24. The van der Waals surface area contributed by atoms with Crippen LogP contribution >= 0.6 is 11.6 Å². The van der Waals surface area contributed by atoms with Crippen LogP contribution in [0.15, 0.2) is 24.3 Å². The number of rotatable bonds is 4. The summed E-state index contributed by atoms with van der Waals surface area (Å²) in [4.78, 5) is 11.3. The molecule has 1 atom stereocenters. The molecule has 1 aliphatic carbocycles. The van der Waals surface area contributed by atoms with Crippen molar-refractivity contribution in [1.82, 2.24) is 0 Å². The molecule has 1 aromatic rings. The number of benzene rings is 1. The molecule has 1 fully saturated rings. The van der Waals surface area contributed by atoms with Crippen LogP contribution in [0.1, 0.15) is 25.7 Å². The molecule has 3 nitrogen and oxygen atoms in total. The van der Waals surface area contributed by atoms with Gasteiger partial charge in [0, 0.05) is 10.7 Å². The Bertz CT molecular complexity index is 402. The van der Waals surface area contributed by atoms with E-state index in [-0.39, 0.29) is 5.92 Å². The molecule has 1 aromatic carbocycles. The van der Waals surface area contributed by atoms with Crippen LogP contribution in [-0.4, -0.2) is 17.1 Å². The normalized spacial score (nSPS) is 17.9. The van der Waals surface area contributed by atoms with Crippen molar-refractivity contribution >= 4 is 23.3 Å². The quantitative estimate of drug-likeness (QED) is 0.865. The number of aliphatic carboxylic acids is 1. The first-order valence-electron chi connectivity index (χ1n) is 5.92. The number of hydrogen-bond acceptors (Lipinski definition) is 2. The number of carbonyl (C=O) groups is 1. The average molecular weight is 254 g/mol. The lowest BCUT2D eigenvalue weighted by molar-refractivity contribution is -0.139. The Morgan fingerprint density at radius 3 is 2.71 bits per heavy atom. The highest BCUT2D eigenvalue weighted by atomic mass is 35.5. The van der Waals surface area contributed by atoms with E-state index in [2.05, 4.69) is 5.32 Å². The van der Waals surface area contributed by atoms with E-state index in [1.165, 1.54) is 0 Å². The zero-order valence-electron chi connectivity index (χ0n) is 9.53. The topological polar surface area (TPSA) is 49.3 Å². The molecule has 0 heterocycles. The molecule has 0 spiro atoms. The highest BCUT2D eigenvalue weighted by molar-refractivity contribution is 6.30. The smallest absolute Gasteiger partial charge is 0.326 e. The molecule has 0 saturated heterocycles. The van der Waals surface area contributed by atoms with E-state index in [1.54, 1.807) is 12.1 Å². The number of carboxylic acid groups (broad SMARTS) is 1. The lowest BCUT2D eigenvalue weighted by Gasteiger charge is -2.21. The van der Waals surface area contributed by atoms with Crippen LogP contribution in [0.25, 0.3) is 0 Å². The lowest BCUT2D eigenvalue weighted by Crippen LogP contribution is -2.35. The second-order valence-electron chi connectivity index (χ2n) is 4.52. The molecule has 0 bridgehead atoms. The Labute approximate surface area is 106 Å². The van der Waals surface area contributed by atoms with Gasteiger partial charge in [-0.1, -0.05) is 30.5 Å². The molecular formula is C13H16ClNO2. The van der Waals surface area contributed by atoms with Gasteiger partial charge in [-0.3, -0.25) is 0 Å². The molecule has 0 radical (unpaired) electrons. The Hall–Kier alpha value is -1.22. The third-order valence-corrected chi connectivity index (χ3v) is 3.52. The minimum atomic E-state index is -0.781. The summed E-state index contributed by atoms with van der Waals surface area (Å²) < 4.78 is 0. The van der Waals surface area contributed by atoms with Crippen molar-refractivity contribution in [1.29, 1.82) is 0 Å². The molecule has 0 aromatic heterocycles. The number of carboxylic acids is 1. The maximum Gasteiger partial charge on any atom is 0.326 e. The zero-order valence-corrected chi connectivity index (χ0v) is 10.3. The van der Waals surface area contributed by atoms with Crippen molar-refractivity contribution < 1.29 is 9.90 Å². The zero-order chi connectivity index (χ0) is 12.3. The summed E-state index contributed by atoms with van der Waals surface area (Å²) >= 11 is 5.88. The van der Waals surface area contributed by atoms with Crippen LogP contribution in [0.2, 0.25) is 5.02 Å². The molecule has 17 heavy (non-hydrogen) atoms. The van der Waals surface area contributed by atoms with Crippen LogP contribution in [0.5, 0.6) is 0 Å². The molecule has 2 N–H and O–H groups in total. The number of halogens is 1. The molecule has 4 heteroatoms. The van der Waals surface area contributed by atoms with Gasteiger partial charge in [0.15, 0.2) is 0 Å². The van der Waals surface area contributed by atoms with Gasteiger partial charge in [0.1, 0.15) is 6.04 Å². The average Bonchev–Trinajstić information content (AvgIpc) is 2.78. The molecule has 1 saturated carbocycles. The van der Waals surface area contributed by atoms with Gasteiger partial charge in [0.25, 0.3) is 0 Å². The van der Waals surface area contributed by atoms with Crippen LogP contribution in [0.3, 0.4) is 0 Å². The summed E-state index contributed by atoms with van der Waals surface area (Å²) in [5, 5.41) is 13.0. The van der Waals surface area contributed by atoms with E-state index in [4.69, 9.17) is 11.6 Å². The maximum absolute atomic E-state index is 11.3. The standard InChI is InChI=1S/C13H16ClNO2/c14-10-6-3-7-11(8-10)15-12(13(16)17)9-4-1-2-5-9/h3,6-9,12,15H,1-2,4-5H2,(H,16,17). The monoisotopic (exact) mass is 253 g/mol. The number of hydrogen-bond donors (Lipinski definition) is 2. The lowest BCUT2D eigenvalue weighted by atomic mass is 9.98.